The predicted octanol–water partition coefficient (Wildman–Crippen LogP) is 3.24. The first kappa shape index (κ1) is 14.2. The van der Waals surface area contributed by atoms with Crippen molar-refractivity contribution in [2.24, 2.45) is 5.41 Å². The molecule has 1 N–H and O–H groups in total. The van der Waals surface area contributed by atoms with Crippen molar-refractivity contribution in [2.75, 3.05) is 14.2 Å². The zero-order valence-electron chi connectivity index (χ0n) is 12.4. The standard InChI is InChI=1S/C16H25NO2/c1-16(2)10-9-12(17-3)15(11-16)19-14-8-6-5-7-13(14)18-4/h5-8,12,15,17H,9-11H2,1-4H3. The summed E-state index contributed by atoms with van der Waals surface area (Å²) in [4.78, 5) is 0. The number of methoxy groups -OCH3 is 1. The largest absolute Gasteiger partial charge is 0.493 e. The van der Waals surface area contributed by atoms with Crippen LogP contribution in [0, 0.1) is 5.41 Å². The third kappa shape index (κ3) is 3.41. The average Bonchev–Trinajstić information content (AvgIpc) is 2.39. The van der Waals surface area contributed by atoms with Crippen LogP contribution in [0.2, 0.25) is 0 Å². The summed E-state index contributed by atoms with van der Waals surface area (Å²) in [6, 6.07) is 8.29. The van der Waals surface area contributed by atoms with Crippen LogP contribution < -0.4 is 14.8 Å². The second kappa shape index (κ2) is 5.83. The van der Waals surface area contributed by atoms with Crippen LogP contribution in [0.25, 0.3) is 0 Å². The van der Waals surface area contributed by atoms with E-state index in [4.69, 9.17) is 9.47 Å². The highest BCUT2D eigenvalue weighted by atomic mass is 16.5. The van der Waals surface area contributed by atoms with Gasteiger partial charge in [-0.05, 0) is 43.9 Å². The van der Waals surface area contributed by atoms with E-state index in [0.717, 1.165) is 24.3 Å². The summed E-state index contributed by atoms with van der Waals surface area (Å²) >= 11 is 0. The molecule has 0 spiro atoms. The molecule has 1 aliphatic carbocycles. The Bertz CT molecular complexity index is 417. The number of benzene rings is 1. The van der Waals surface area contributed by atoms with E-state index in [-0.39, 0.29) is 6.10 Å². The van der Waals surface area contributed by atoms with E-state index in [2.05, 4.69) is 19.2 Å². The first-order chi connectivity index (χ1) is 9.05. The number of nitrogens with one attached hydrogen (secondary N) is 1. The van der Waals surface area contributed by atoms with E-state index in [1.165, 1.54) is 6.42 Å². The fourth-order valence-corrected chi connectivity index (χ4v) is 2.85. The van der Waals surface area contributed by atoms with Gasteiger partial charge in [-0.15, -0.1) is 0 Å². The van der Waals surface area contributed by atoms with Gasteiger partial charge in [0.2, 0.25) is 0 Å². The molecule has 2 unspecified atom stereocenters. The fourth-order valence-electron chi connectivity index (χ4n) is 2.85. The minimum Gasteiger partial charge on any atom is -0.493 e. The van der Waals surface area contributed by atoms with Gasteiger partial charge in [0.05, 0.1) is 7.11 Å². The molecule has 1 aliphatic rings. The second-order valence-electron chi connectivity index (χ2n) is 6.11. The predicted molar refractivity (Wildman–Crippen MR) is 77.9 cm³/mol. The first-order valence-electron chi connectivity index (χ1n) is 7.03. The molecule has 1 aromatic carbocycles. The smallest absolute Gasteiger partial charge is 0.161 e. The van der Waals surface area contributed by atoms with Crippen LogP contribution in [-0.4, -0.2) is 26.3 Å². The third-order valence-electron chi connectivity index (χ3n) is 4.05. The average molecular weight is 263 g/mol. The molecule has 19 heavy (non-hydrogen) atoms. The Balaban J connectivity index is 2.14. The summed E-state index contributed by atoms with van der Waals surface area (Å²) in [6.45, 7) is 4.63. The fraction of sp³-hybridized carbons (Fsp3) is 0.625. The summed E-state index contributed by atoms with van der Waals surface area (Å²) in [6.07, 6.45) is 3.66. The van der Waals surface area contributed by atoms with E-state index in [9.17, 15) is 0 Å². The van der Waals surface area contributed by atoms with Crippen molar-refractivity contribution in [1.29, 1.82) is 0 Å². The molecule has 2 atom stereocenters. The van der Waals surface area contributed by atoms with Gasteiger partial charge in [-0.3, -0.25) is 0 Å². The lowest BCUT2D eigenvalue weighted by molar-refractivity contribution is 0.0539. The lowest BCUT2D eigenvalue weighted by Crippen LogP contribution is -2.47. The van der Waals surface area contributed by atoms with Crippen LogP contribution in [-0.2, 0) is 0 Å². The molecule has 2 rings (SSSR count). The van der Waals surface area contributed by atoms with Gasteiger partial charge in [-0.2, -0.15) is 0 Å². The molecule has 0 heterocycles. The van der Waals surface area contributed by atoms with E-state index in [1.54, 1.807) is 7.11 Å². The molecule has 0 amide bonds. The highest BCUT2D eigenvalue weighted by molar-refractivity contribution is 5.39. The number of ether oxygens (including phenoxy) is 2. The molecule has 0 aliphatic heterocycles. The highest BCUT2D eigenvalue weighted by Crippen LogP contribution is 2.38. The number of hydrogen-bond acceptors (Lipinski definition) is 3. The number of para-hydroxylation sites is 2. The van der Waals surface area contributed by atoms with Crippen molar-refractivity contribution >= 4 is 0 Å². The Morgan fingerprint density at radius 3 is 2.53 bits per heavy atom. The van der Waals surface area contributed by atoms with Crippen molar-refractivity contribution < 1.29 is 9.47 Å². The molecule has 1 saturated carbocycles. The third-order valence-corrected chi connectivity index (χ3v) is 4.05. The molecule has 3 nitrogen and oxygen atoms in total. The highest BCUT2D eigenvalue weighted by Gasteiger charge is 2.35. The van der Waals surface area contributed by atoms with Crippen LogP contribution >= 0.6 is 0 Å². The summed E-state index contributed by atoms with van der Waals surface area (Å²) in [7, 11) is 3.70. The SMILES string of the molecule is CNC1CCC(C)(C)CC1Oc1ccccc1OC. The summed E-state index contributed by atoms with van der Waals surface area (Å²) < 4.78 is 11.6. The summed E-state index contributed by atoms with van der Waals surface area (Å²) in [5, 5.41) is 3.38. The van der Waals surface area contributed by atoms with Gasteiger partial charge in [-0.1, -0.05) is 26.0 Å². The zero-order valence-corrected chi connectivity index (χ0v) is 12.4. The molecular weight excluding hydrogens is 238 g/mol. The van der Waals surface area contributed by atoms with E-state index >= 15 is 0 Å². The van der Waals surface area contributed by atoms with Crippen LogP contribution in [0.15, 0.2) is 24.3 Å². The molecule has 1 fully saturated rings. The van der Waals surface area contributed by atoms with Gasteiger partial charge in [0, 0.05) is 6.04 Å². The lowest BCUT2D eigenvalue weighted by atomic mass is 9.74. The topological polar surface area (TPSA) is 30.5 Å². The minimum atomic E-state index is 0.199. The number of rotatable bonds is 4. The van der Waals surface area contributed by atoms with E-state index in [1.807, 2.05) is 31.3 Å². The molecule has 0 saturated heterocycles. The molecule has 1 aromatic rings. The van der Waals surface area contributed by atoms with Crippen LogP contribution in [0.5, 0.6) is 11.5 Å². The van der Waals surface area contributed by atoms with Crippen LogP contribution in [0.1, 0.15) is 33.1 Å². The van der Waals surface area contributed by atoms with Gasteiger partial charge in [0.1, 0.15) is 6.10 Å². The Hall–Kier alpha value is -1.22. The van der Waals surface area contributed by atoms with Crippen molar-refractivity contribution in [2.45, 2.75) is 45.3 Å². The van der Waals surface area contributed by atoms with Crippen LogP contribution in [0.4, 0.5) is 0 Å². The molecule has 0 aromatic heterocycles. The Labute approximate surface area is 116 Å². The van der Waals surface area contributed by atoms with Crippen molar-refractivity contribution in [3.63, 3.8) is 0 Å². The molecule has 0 radical (unpaired) electrons. The quantitative estimate of drug-likeness (QED) is 0.904. The summed E-state index contributed by atoms with van der Waals surface area (Å²) in [5.74, 6) is 1.65. The summed E-state index contributed by atoms with van der Waals surface area (Å²) in [5.41, 5.74) is 0.347. The second-order valence-corrected chi connectivity index (χ2v) is 6.11. The van der Waals surface area contributed by atoms with Gasteiger partial charge >= 0.3 is 0 Å². The Morgan fingerprint density at radius 1 is 1.21 bits per heavy atom. The molecular formula is C16H25NO2. The number of likely N-dealkylation sites (N-methyl/N-ethyl adjacent to an activating group) is 1. The van der Waals surface area contributed by atoms with Gasteiger partial charge in [0.25, 0.3) is 0 Å². The van der Waals surface area contributed by atoms with Gasteiger partial charge < -0.3 is 14.8 Å². The Morgan fingerprint density at radius 2 is 1.89 bits per heavy atom. The van der Waals surface area contributed by atoms with Crippen molar-refractivity contribution in [1.82, 2.24) is 5.32 Å². The maximum Gasteiger partial charge on any atom is 0.161 e. The lowest BCUT2D eigenvalue weighted by Gasteiger charge is -2.40. The Kier molecular flexibility index (Phi) is 4.35. The molecule has 106 valence electrons. The molecule has 0 bridgehead atoms. The normalized spacial score (nSPS) is 25.9. The van der Waals surface area contributed by atoms with Crippen molar-refractivity contribution in [3.8, 4) is 11.5 Å². The van der Waals surface area contributed by atoms with Gasteiger partial charge in [0.15, 0.2) is 11.5 Å². The van der Waals surface area contributed by atoms with E-state index in [0.29, 0.717) is 11.5 Å². The maximum absolute atomic E-state index is 6.23. The minimum absolute atomic E-state index is 0.199. The number of hydrogen-bond donors (Lipinski definition) is 1. The first-order valence-corrected chi connectivity index (χ1v) is 7.03. The monoisotopic (exact) mass is 263 g/mol. The maximum atomic E-state index is 6.23. The van der Waals surface area contributed by atoms with Gasteiger partial charge in [-0.25, -0.2) is 0 Å². The van der Waals surface area contributed by atoms with E-state index < -0.39 is 0 Å². The zero-order chi connectivity index (χ0) is 13.9. The molecule has 3 heteroatoms. The van der Waals surface area contributed by atoms with Crippen molar-refractivity contribution in [3.05, 3.63) is 24.3 Å². The van der Waals surface area contributed by atoms with Crippen LogP contribution in [0.3, 0.4) is 0 Å².